The number of carbonyl (C=O) groups excluding carboxylic acids is 1. The Labute approximate surface area is 161 Å². The Hall–Kier alpha value is -0.300. The molecular formula is C18H25BrINO2. The molecule has 1 aromatic rings. The van der Waals surface area contributed by atoms with Gasteiger partial charge in [0.05, 0.1) is 5.69 Å². The van der Waals surface area contributed by atoms with E-state index in [9.17, 15) is 4.79 Å². The molecule has 23 heavy (non-hydrogen) atoms. The second kappa shape index (κ2) is 6.54. The van der Waals surface area contributed by atoms with Gasteiger partial charge in [0.1, 0.15) is 5.60 Å². The van der Waals surface area contributed by atoms with Gasteiger partial charge in [0, 0.05) is 14.1 Å². The third-order valence-electron chi connectivity index (χ3n) is 3.94. The first-order valence-electron chi connectivity index (χ1n) is 7.90. The number of amides is 1. The summed E-state index contributed by atoms with van der Waals surface area (Å²) in [6.07, 6.45) is 1.66. The fraction of sp³-hybridized carbons (Fsp3) is 0.611. The highest BCUT2D eigenvalue weighted by Gasteiger charge is 2.41. The van der Waals surface area contributed by atoms with Gasteiger partial charge in [0.25, 0.3) is 0 Å². The van der Waals surface area contributed by atoms with Crippen molar-refractivity contribution in [1.82, 2.24) is 0 Å². The molecule has 3 nitrogen and oxygen atoms in total. The molecule has 0 aliphatic carbocycles. The largest absolute Gasteiger partial charge is 0.443 e. The first-order valence-corrected chi connectivity index (χ1v) is 9.77. The molecule has 1 atom stereocenters. The minimum atomic E-state index is -0.507. The molecule has 1 aliphatic heterocycles. The van der Waals surface area contributed by atoms with Gasteiger partial charge in [-0.1, -0.05) is 20.8 Å². The Morgan fingerprint density at radius 3 is 2.39 bits per heavy atom. The number of hydrogen-bond acceptors (Lipinski definition) is 2. The molecule has 5 heteroatoms. The Kier molecular flexibility index (Phi) is 5.41. The lowest BCUT2D eigenvalue weighted by atomic mass is 9.79. The number of anilines is 1. The van der Waals surface area contributed by atoms with Crippen LogP contribution in [0.15, 0.2) is 16.6 Å². The number of benzene rings is 1. The number of halogens is 2. The summed E-state index contributed by atoms with van der Waals surface area (Å²) in [5.74, 6) is 0. The third-order valence-corrected chi connectivity index (χ3v) is 5.16. The van der Waals surface area contributed by atoms with Gasteiger partial charge in [-0.05, 0) is 95.2 Å². The molecule has 0 spiro atoms. The van der Waals surface area contributed by atoms with E-state index in [0.29, 0.717) is 0 Å². The van der Waals surface area contributed by atoms with Gasteiger partial charge in [0.15, 0.2) is 0 Å². The second-order valence-corrected chi connectivity index (χ2v) is 10.3. The van der Waals surface area contributed by atoms with Crippen LogP contribution in [0.4, 0.5) is 10.5 Å². The monoisotopic (exact) mass is 493 g/mol. The molecule has 2 rings (SSSR count). The van der Waals surface area contributed by atoms with Gasteiger partial charge in [-0.2, -0.15) is 0 Å². The first kappa shape index (κ1) is 19.0. The lowest BCUT2D eigenvalue weighted by molar-refractivity contribution is 0.0531. The Morgan fingerprint density at radius 1 is 1.26 bits per heavy atom. The number of rotatable bonds is 0. The van der Waals surface area contributed by atoms with E-state index in [1.54, 1.807) is 0 Å². The SMILES string of the molecule is CC(C)(C)OC(=O)N1c2c(Br)cc(I)cc2CCC1C(C)(C)C. The molecule has 1 unspecified atom stereocenters. The van der Waals surface area contributed by atoms with Crippen LogP contribution in [0.2, 0.25) is 0 Å². The van der Waals surface area contributed by atoms with E-state index < -0.39 is 5.60 Å². The van der Waals surface area contributed by atoms with E-state index in [1.807, 2.05) is 25.7 Å². The average molecular weight is 494 g/mol. The van der Waals surface area contributed by atoms with Crippen LogP contribution >= 0.6 is 38.5 Å². The number of ether oxygens (including phenoxy) is 1. The zero-order chi connectivity index (χ0) is 17.6. The molecule has 128 valence electrons. The predicted octanol–water partition coefficient (Wildman–Crippen LogP) is 6.16. The Balaban J connectivity index is 2.54. The Morgan fingerprint density at radius 2 is 1.87 bits per heavy atom. The maximum absolute atomic E-state index is 13.0. The molecule has 1 aromatic carbocycles. The van der Waals surface area contributed by atoms with Crippen LogP contribution in [0.1, 0.15) is 53.5 Å². The van der Waals surface area contributed by atoms with E-state index in [2.05, 4.69) is 71.4 Å². The highest BCUT2D eigenvalue weighted by Crippen LogP contribution is 2.43. The van der Waals surface area contributed by atoms with Gasteiger partial charge in [-0.15, -0.1) is 0 Å². The number of fused-ring (bicyclic) bond motifs is 1. The first-order chi connectivity index (χ1) is 10.4. The average Bonchev–Trinajstić information content (AvgIpc) is 2.33. The summed E-state index contributed by atoms with van der Waals surface area (Å²) >= 11 is 5.98. The lowest BCUT2D eigenvalue weighted by Crippen LogP contribution is -2.52. The van der Waals surface area contributed by atoms with Crippen molar-refractivity contribution in [3.8, 4) is 0 Å². The van der Waals surface area contributed by atoms with E-state index in [-0.39, 0.29) is 17.6 Å². The summed E-state index contributed by atoms with van der Waals surface area (Å²) in [4.78, 5) is 14.8. The molecule has 0 saturated heterocycles. The predicted molar refractivity (Wildman–Crippen MR) is 107 cm³/mol. The molecule has 0 radical (unpaired) electrons. The maximum atomic E-state index is 13.0. The third kappa shape index (κ3) is 4.41. The normalized spacial score (nSPS) is 18.6. The molecule has 1 amide bonds. The maximum Gasteiger partial charge on any atom is 0.415 e. The summed E-state index contributed by atoms with van der Waals surface area (Å²) in [7, 11) is 0. The van der Waals surface area contributed by atoms with Crippen LogP contribution in [0.3, 0.4) is 0 Å². The highest BCUT2D eigenvalue weighted by atomic mass is 127. The number of aryl methyl sites for hydroxylation is 1. The van der Waals surface area contributed by atoms with Crippen molar-refractivity contribution in [3.05, 3.63) is 25.7 Å². The van der Waals surface area contributed by atoms with Crippen molar-refractivity contribution in [2.75, 3.05) is 4.90 Å². The molecule has 0 fully saturated rings. The van der Waals surface area contributed by atoms with Crippen LogP contribution in [-0.4, -0.2) is 17.7 Å². The lowest BCUT2D eigenvalue weighted by Gasteiger charge is -2.44. The number of carbonyl (C=O) groups is 1. The van der Waals surface area contributed by atoms with Crippen molar-refractivity contribution < 1.29 is 9.53 Å². The van der Waals surface area contributed by atoms with Gasteiger partial charge < -0.3 is 4.74 Å². The topological polar surface area (TPSA) is 29.5 Å². The fourth-order valence-electron chi connectivity index (χ4n) is 3.01. The van der Waals surface area contributed by atoms with Crippen LogP contribution in [0, 0.1) is 8.99 Å². The van der Waals surface area contributed by atoms with Gasteiger partial charge in [0.2, 0.25) is 0 Å². The van der Waals surface area contributed by atoms with Crippen LogP contribution < -0.4 is 4.90 Å². The molecule has 1 heterocycles. The van der Waals surface area contributed by atoms with E-state index in [0.717, 1.165) is 23.0 Å². The summed E-state index contributed by atoms with van der Waals surface area (Å²) in [5, 5.41) is 0. The minimum Gasteiger partial charge on any atom is -0.443 e. The van der Waals surface area contributed by atoms with Crippen molar-refractivity contribution >= 4 is 50.3 Å². The van der Waals surface area contributed by atoms with E-state index in [1.165, 1.54) is 9.13 Å². The Bertz CT molecular complexity index is 617. The summed E-state index contributed by atoms with van der Waals surface area (Å²) < 4.78 is 7.84. The zero-order valence-corrected chi connectivity index (χ0v) is 18.4. The molecule has 0 N–H and O–H groups in total. The van der Waals surface area contributed by atoms with Gasteiger partial charge >= 0.3 is 6.09 Å². The molecule has 1 aliphatic rings. The molecule has 0 saturated carbocycles. The van der Waals surface area contributed by atoms with Crippen molar-refractivity contribution in [1.29, 1.82) is 0 Å². The molecular weight excluding hydrogens is 469 g/mol. The summed E-state index contributed by atoms with van der Waals surface area (Å²) in [5.41, 5.74) is 1.64. The second-order valence-electron chi connectivity index (χ2n) is 8.17. The smallest absolute Gasteiger partial charge is 0.415 e. The van der Waals surface area contributed by atoms with Crippen molar-refractivity contribution in [2.45, 2.75) is 66.0 Å². The van der Waals surface area contributed by atoms with Gasteiger partial charge in [-0.25, -0.2) is 4.79 Å². The number of nitrogens with zero attached hydrogens (tertiary/aromatic N) is 1. The molecule has 0 aromatic heterocycles. The number of hydrogen-bond donors (Lipinski definition) is 0. The quantitative estimate of drug-likeness (QED) is 0.405. The van der Waals surface area contributed by atoms with Crippen molar-refractivity contribution in [3.63, 3.8) is 0 Å². The minimum absolute atomic E-state index is 0.0168. The standard InChI is InChI=1S/C18H25BrINO2/c1-17(2,3)14-8-7-11-9-12(20)10-13(19)15(11)21(14)16(22)23-18(4,5)6/h9-10,14H,7-8H2,1-6H3. The van der Waals surface area contributed by atoms with Crippen molar-refractivity contribution in [2.24, 2.45) is 5.41 Å². The van der Waals surface area contributed by atoms with Crippen LogP contribution in [-0.2, 0) is 11.2 Å². The van der Waals surface area contributed by atoms with Crippen LogP contribution in [0.25, 0.3) is 0 Å². The van der Waals surface area contributed by atoms with Crippen LogP contribution in [0.5, 0.6) is 0 Å². The van der Waals surface area contributed by atoms with E-state index in [4.69, 9.17) is 4.74 Å². The van der Waals surface area contributed by atoms with Gasteiger partial charge in [-0.3, -0.25) is 4.90 Å². The summed E-state index contributed by atoms with van der Waals surface area (Å²) in [6.45, 7) is 12.3. The fourth-order valence-corrected chi connectivity index (χ4v) is 4.81. The zero-order valence-electron chi connectivity index (χ0n) is 14.7. The highest BCUT2D eigenvalue weighted by molar-refractivity contribution is 14.1. The molecule has 0 bridgehead atoms. The van der Waals surface area contributed by atoms with E-state index >= 15 is 0 Å². The summed E-state index contributed by atoms with van der Waals surface area (Å²) in [6, 6.07) is 4.33.